The molecule has 1 unspecified atom stereocenters. The van der Waals surface area contributed by atoms with Crippen LogP contribution in [0, 0.1) is 11.3 Å². The number of aromatic nitrogens is 4. The molecular formula is C26H16N6O2S. The Hall–Kier alpha value is -4.81. The number of nitrogens with two attached hydrogens (primary N) is 1. The Balaban J connectivity index is 1.71. The van der Waals surface area contributed by atoms with E-state index in [1.165, 1.54) is 22.2 Å². The molecule has 6 rings (SSSR count). The monoisotopic (exact) mass is 476 g/mol. The molecule has 0 saturated carbocycles. The van der Waals surface area contributed by atoms with Gasteiger partial charge in [-0.1, -0.05) is 42.5 Å². The van der Waals surface area contributed by atoms with Gasteiger partial charge in [-0.15, -0.1) is 11.3 Å². The van der Waals surface area contributed by atoms with Crippen molar-refractivity contribution in [2.75, 3.05) is 5.73 Å². The van der Waals surface area contributed by atoms with Gasteiger partial charge in [0, 0.05) is 11.6 Å². The predicted molar refractivity (Wildman–Crippen MR) is 133 cm³/mol. The molecule has 0 radical (unpaired) electrons. The number of hydrogen-bond donors (Lipinski definition) is 2. The van der Waals surface area contributed by atoms with E-state index in [4.69, 9.17) is 5.73 Å². The lowest BCUT2D eigenvalue weighted by Crippen LogP contribution is -2.36. The zero-order valence-electron chi connectivity index (χ0n) is 18.1. The second-order valence-electron chi connectivity index (χ2n) is 8.00. The third-order valence-electron chi connectivity index (χ3n) is 6.06. The predicted octanol–water partition coefficient (Wildman–Crippen LogP) is 2.17. The molecule has 168 valence electrons. The van der Waals surface area contributed by atoms with E-state index in [0.29, 0.717) is 37.1 Å². The first-order valence-electron chi connectivity index (χ1n) is 10.7. The van der Waals surface area contributed by atoms with Crippen molar-refractivity contribution in [3.05, 3.63) is 103 Å². The fourth-order valence-electron chi connectivity index (χ4n) is 4.52. The summed E-state index contributed by atoms with van der Waals surface area (Å²) in [5.41, 5.74) is 8.94. The highest BCUT2D eigenvalue weighted by atomic mass is 32.1. The summed E-state index contributed by atoms with van der Waals surface area (Å²) in [6.07, 6.45) is 4.67. The SMILES string of the molecule is N#CC1=c2s/c(=C/c3ccc(O)c4ncccc34)c(=O)n2-c2ncnc(N)c2C1c1ccccc1. The minimum Gasteiger partial charge on any atom is -0.506 e. The Morgan fingerprint density at radius 1 is 1.09 bits per heavy atom. The number of anilines is 1. The fourth-order valence-corrected chi connectivity index (χ4v) is 5.62. The Labute approximate surface area is 202 Å². The molecule has 4 heterocycles. The highest BCUT2D eigenvalue weighted by molar-refractivity contribution is 7.07. The molecule has 0 amide bonds. The maximum absolute atomic E-state index is 13.7. The van der Waals surface area contributed by atoms with E-state index in [-0.39, 0.29) is 17.1 Å². The van der Waals surface area contributed by atoms with Crippen LogP contribution in [0.15, 0.2) is 71.9 Å². The van der Waals surface area contributed by atoms with Crippen molar-refractivity contribution in [2.45, 2.75) is 5.92 Å². The Morgan fingerprint density at radius 3 is 2.71 bits per heavy atom. The van der Waals surface area contributed by atoms with Gasteiger partial charge < -0.3 is 10.8 Å². The van der Waals surface area contributed by atoms with Gasteiger partial charge >= 0.3 is 0 Å². The van der Waals surface area contributed by atoms with Crippen molar-refractivity contribution >= 4 is 39.7 Å². The molecule has 3 N–H and O–H groups in total. The van der Waals surface area contributed by atoms with Crippen LogP contribution in [0.5, 0.6) is 5.75 Å². The van der Waals surface area contributed by atoms with Gasteiger partial charge in [0.1, 0.15) is 28.1 Å². The van der Waals surface area contributed by atoms with Crippen LogP contribution < -0.4 is 20.5 Å². The zero-order chi connectivity index (χ0) is 24.1. The number of benzene rings is 2. The number of thiazole rings is 1. The van der Waals surface area contributed by atoms with Gasteiger partial charge in [-0.2, -0.15) is 5.26 Å². The molecule has 0 bridgehead atoms. The normalized spacial score (nSPS) is 15.0. The van der Waals surface area contributed by atoms with Crippen molar-refractivity contribution in [3.8, 4) is 17.6 Å². The minimum absolute atomic E-state index is 0.0619. The summed E-state index contributed by atoms with van der Waals surface area (Å²) in [7, 11) is 0. The van der Waals surface area contributed by atoms with Crippen LogP contribution >= 0.6 is 11.3 Å². The van der Waals surface area contributed by atoms with E-state index in [0.717, 1.165) is 11.1 Å². The van der Waals surface area contributed by atoms with E-state index in [1.807, 2.05) is 36.4 Å². The average Bonchev–Trinajstić information content (AvgIpc) is 3.21. The van der Waals surface area contributed by atoms with Crippen LogP contribution in [0.2, 0.25) is 0 Å². The number of nitrogens with zero attached hydrogens (tertiary/aromatic N) is 5. The summed E-state index contributed by atoms with van der Waals surface area (Å²) in [5, 5.41) is 21.1. The summed E-state index contributed by atoms with van der Waals surface area (Å²) in [4.78, 5) is 26.5. The molecule has 5 aromatic rings. The molecule has 0 saturated heterocycles. The van der Waals surface area contributed by atoms with Crippen molar-refractivity contribution in [1.82, 2.24) is 19.5 Å². The second-order valence-corrected chi connectivity index (χ2v) is 9.03. The number of phenols is 1. The molecule has 2 aromatic carbocycles. The van der Waals surface area contributed by atoms with E-state index in [2.05, 4.69) is 21.0 Å². The number of hydrogen-bond acceptors (Lipinski definition) is 8. The lowest BCUT2D eigenvalue weighted by atomic mass is 9.84. The van der Waals surface area contributed by atoms with Gasteiger partial charge in [0.15, 0.2) is 5.82 Å². The fraction of sp³-hybridized carbons (Fsp3) is 0.0385. The molecule has 8 nitrogen and oxygen atoms in total. The highest BCUT2D eigenvalue weighted by Gasteiger charge is 2.33. The molecule has 1 aliphatic rings. The van der Waals surface area contributed by atoms with Crippen LogP contribution in [0.4, 0.5) is 5.82 Å². The van der Waals surface area contributed by atoms with E-state index < -0.39 is 5.92 Å². The quantitative estimate of drug-likeness (QED) is 0.399. The molecular weight excluding hydrogens is 460 g/mol. The molecule has 3 aromatic heterocycles. The summed E-state index contributed by atoms with van der Waals surface area (Å²) in [6.45, 7) is 0. The second kappa shape index (κ2) is 7.90. The average molecular weight is 477 g/mol. The molecule has 0 spiro atoms. The topological polar surface area (TPSA) is 131 Å². The number of nitrogen functional groups attached to an aromatic ring is 1. The van der Waals surface area contributed by atoms with Gasteiger partial charge in [-0.25, -0.2) is 14.5 Å². The zero-order valence-corrected chi connectivity index (χ0v) is 18.9. The number of phenolic OH excluding ortho intramolecular Hbond substituents is 1. The largest absolute Gasteiger partial charge is 0.506 e. The van der Waals surface area contributed by atoms with Crippen LogP contribution in [-0.2, 0) is 0 Å². The van der Waals surface area contributed by atoms with Crippen LogP contribution in [0.25, 0.3) is 28.4 Å². The number of rotatable bonds is 2. The molecule has 1 aliphatic heterocycles. The van der Waals surface area contributed by atoms with E-state index in [9.17, 15) is 15.2 Å². The highest BCUT2D eigenvalue weighted by Crippen LogP contribution is 2.39. The van der Waals surface area contributed by atoms with Gasteiger partial charge in [-0.3, -0.25) is 9.78 Å². The van der Waals surface area contributed by atoms with Crippen molar-refractivity contribution in [2.24, 2.45) is 0 Å². The number of fused-ring (bicyclic) bond motifs is 4. The van der Waals surface area contributed by atoms with Crippen LogP contribution in [-0.4, -0.2) is 24.6 Å². The summed E-state index contributed by atoms with van der Waals surface area (Å²) in [5.74, 6) is 0.161. The van der Waals surface area contributed by atoms with E-state index in [1.54, 1.807) is 30.5 Å². The molecule has 9 heteroatoms. The molecule has 0 fully saturated rings. The standard InChI is InChI=1S/C26H16N6O2S/c27-12-17-20(14-5-2-1-3-6-14)21-23(28)30-13-31-24(21)32-25(34)19(35-26(17)32)11-15-8-9-18(33)22-16(15)7-4-10-29-22/h1-11,13,20,33H,(H2,28,30,31)/b19-11+. The first-order valence-corrected chi connectivity index (χ1v) is 11.5. The molecule has 35 heavy (non-hydrogen) atoms. The third kappa shape index (κ3) is 3.12. The summed E-state index contributed by atoms with van der Waals surface area (Å²) >= 11 is 1.22. The third-order valence-corrected chi connectivity index (χ3v) is 7.17. The molecule has 0 aliphatic carbocycles. The lowest BCUT2D eigenvalue weighted by molar-refractivity contribution is 0.480. The van der Waals surface area contributed by atoms with E-state index >= 15 is 0 Å². The van der Waals surface area contributed by atoms with Crippen LogP contribution in [0.1, 0.15) is 22.6 Å². The Kier molecular flexibility index (Phi) is 4.69. The number of pyridine rings is 1. The van der Waals surface area contributed by atoms with Crippen molar-refractivity contribution in [1.29, 1.82) is 5.26 Å². The summed E-state index contributed by atoms with van der Waals surface area (Å²) < 4.78 is 2.37. The molecule has 1 atom stereocenters. The van der Waals surface area contributed by atoms with Crippen molar-refractivity contribution < 1.29 is 5.11 Å². The van der Waals surface area contributed by atoms with Crippen molar-refractivity contribution in [3.63, 3.8) is 0 Å². The van der Waals surface area contributed by atoms with Gasteiger partial charge in [0.2, 0.25) is 0 Å². The Morgan fingerprint density at radius 2 is 1.91 bits per heavy atom. The van der Waals surface area contributed by atoms with Crippen LogP contribution in [0.3, 0.4) is 0 Å². The first kappa shape index (κ1) is 20.8. The smallest absolute Gasteiger partial charge is 0.274 e. The number of aromatic hydroxyl groups is 1. The maximum Gasteiger partial charge on any atom is 0.274 e. The van der Waals surface area contributed by atoms with Gasteiger partial charge in [-0.05, 0) is 29.3 Å². The summed E-state index contributed by atoms with van der Waals surface area (Å²) in [6, 6.07) is 18.7. The van der Waals surface area contributed by atoms with Gasteiger partial charge in [0.05, 0.1) is 27.7 Å². The maximum atomic E-state index is 13.7. The lowest BCUT2D eigenvalue weighted by Gasteiger charge is -2.24. The number of nitriles is 1. The minimum atomic E-state index is -0.498. The Bertz CT molecular complexity index is 1870. The first-order chi connectivity index (χ1) is 17.1. The van der Waals surface area contributed by atoms with Gasteiger partial charge in [0.25, 0.3) is 5.56 Å².